The highest BCUT2D eigenvalue weighted by atomic mass is 19.2. The number of halogens is 2. The van der Waals surface area contributed by atoms with E-state index in [2.05, 4.69) is 0 Å². The van der Waals surface area contributed by atoms with E-state index in [0.717, 1.165) is 41.7 Å². The maximum atomic E-state index is 13.3. The minimum absolute atomic E-state index is 0.0853. The van der Waals surface area contributed by atoms with Gasteiger partial charge in [0.25, 0.3) is 0 Å². The predicted molar refractivity (Wildman–Crippen MR) is 113 cm³/mol. The highest BCUT2D eigenvalue weighted by Gasteiger charge is 2.27. The van der Waals surface area contributed by atoms with E-state index < -0.39 is 11.6 Å². The molecule has 1 N–H and O–H groups in total. The molecule has 0 fully saturated rings. The van der Waals surface area contributed by atoms with Gasteiger partial charge >= 0.3 is 0 Å². The molecule has 0 radical (unpaired) electrons. The van der Waals surface area contributed by atoms with Crippen LogP contribution in [0.2, 0.25) is 0 Å². The first-order chi connectivity index (χ1) is 14.9. The fourth-order valence-electron chi connectivity index (χ4n) is 4.10. The summed E-state index contributed by atoms with van der Waals surface area (Å²) in [4.78, 5) is 25.0. The monoisotopic (exact) mass is 420 g/mol. The molecule has 0 bridgehead atoms. The summed E-state index contributed by atoms with van der Waals surface area (Å²) in [7, 11) is 0. The standard InChI is InChI=1S/C26H22F2O3/c27-23-11-8-19(15-24(23)28)25(30)12-5-16-1-3-17(4-2-16)13-20-7-6-18-14-21(29)9-10-22(18)26(20)31/h1-4,8-11,14-15,20,29H,5-7,12-13H2. The van der Waals surface area contributed by atoms with Gasteiger partial charge in [0.05, 0.1) is 0 Å². The van der Waals surface area contributed by atoms with Crippen LogP contribution in [0.15, 0.2) is 60.7 Å². The molecule has 0 spiro atoms. The van der Waals surface area contributed by atoms with Crippen LogP contribution in [0.4, 0.5) is 8.78 Å². The minimum Gasteiger partial charge on any atom is -0.508 e. The number of carbonyl (C=O) groups excluding carboxylic acids is 2. The topological polar surface area (TPSA) is 54.4 Å². The summed E-state index contributed by atoms with van der Waals surface area (Å²) in [5.41, 5.74) is 3.79. The van der Waals surface area contributed by atoms with Crippen LogP contribution >= 0.6 is 0 Å². The lowest BCUT2D eigenvalue weighted by molar-refractivity contribution is 0.0900. The Labute approximate surface area is 179 Å². The molecule has 0 amide bonds. The Balaban J connectivity index is 1.35. The highest BCUT2D eigenvalue weighted by molar-refractivity contribution is 6.00. The summed E-state index contributed by atoms with van der Waals surface area (Å²) in [6.07, 6.45) is 2.86. The van der Waals surface area contributed by atoms with Gasteiger partial charge < -0.3 is 5.11 Å². The van der Waals surface area contributed by atoms with Crippen molar-refractivity contribution in [1.82, 2.24) is 0 Å². The molecule has 1 aliphatic carbocycles. The van der Waals surface area contributed by atoms with Crippen molar-refractivity contribution in [3.8, 4) is 5.75 Å². The third-order valence-electron chi connectivity index (χ3n) is 5.87. The number of rotatable bonds is 6. The van der Waals surface area contributed by atoms with E-state index in [9.17, 15) is 23.5 Å². The lowest BCUT2D eigenvalue weighted by Crippen LogP contribution is -2.24. The Bertz CT molecular complexity index is 1140. The number of phenolic OH excluding ortho intramolecular Hbond substituents is 1. The van der Waals surface area contributed by atoms with Crippen LogP contribution in [0.1, 0.15) is 50.2 Å². The van der Waals surface area contributed by atoms with Crippen molar-refractivity contribution < 1.29 is 23.5 Å². The van der Waals surface area contributed by atoms with Crippen LogP contribution in [-0.2, 0) is 19.3 Å². The molecule has 158 valence electrons. The summed E-state index contributed by atoms with van der Waals surface area (Å²) in [6, 6.07) is 15.9. The van der Waals surface area contributed by atoms with Crippen molar-refractivity contribution in [1.29, 1.82) is 0 Å². The Morgan fingerprint density at radius 3 is 2.42 bits per heavy atom. The molecule has 0 aliphatic heterocycles. The third kappa shape index (κ3) is 4.71. The zero-order valence-electron chi connectivity index (χ0n) is 16.9. The number of hydrogen-bond donors (Lipinski definition) is 1. The van der Waals surface area contributed by atoms with Crippen molar-refractivity contribution in [3.63, 3.8) is 0 Å². The van der Waals surface area contributed by atoms with Crippen molar-refractivity contribution in [2.75, 3.05) is 0 Å². The number of carbonyl (C=O) groups is 2. The molecular formula is C26H22F2O3. The number of hydrogen-bond acceptors (Lipinski definition) is 3. The van der Waals surface area contributed by atoms with Gasteiger partial charge in [-0.3, -0.25) is 9.59 Å². The molecule has 0 saturated heterocycles. The van der Waals surface area contributed by atoms with Crippen LogP contribution in [0.25, 0.3) is 0 Å². The molecular weight excluding hydrogens is 398 g/mol. The summed E-state index contributed by atoms with van der Waals surface area (Å²) < 4.78 is 26.3. The molecule has 5 heteroatoms. The first kappa shape index (κ1) is 20.9. The van der Waals surface area contributed by atoms with Gasteiger partial charge in [0.1, 0.15) is 5.75 Å². The van der Waals surface area contributed by atoms with E-state index in [1.165, 1.54) is 6.07 Å². The van der Waals surface area contributed by atoms with Crippen LogP contribution < -0.4 is 0 Å². The van der Waals surface area contributed by atoms with Gasteiger partial charge in [0.15, 0.2) is 23.2 Å². The average Bonchev–Trinajstić information content (AvgIpc) is 2.77. The number of aromatic hydroxyl groups is 1. The van der Waals surface area contributed by atoms with Gasteiger partial charge in [-0.2, -0.15) is 0 Å². The minimum atomic E-state index is -1.02. The van der Waals surface area contributed by atoms with Gasteiger partial charge in [-0.25, -0.2) is 8.78 Å². The molecule has 0 aromatic heterocycles. The largest absolute Gasteiger partial charge is 0.508 e. The number of Topliss-reactive ketones (excluding diaryl/α,β-unsaturated/α-hetero) is 2. The third-order valence-corrected chi connectivity index (χ3v) is 5.87. The maximum Gasteiger partial charge on any atom is 0.166 e. The Kier molecular flexibility index (Phi) is 5.94. The molecule has 3 aromatic rings. The zero-order valence-corrected chi connectivity index (χ0v) is 16.9. The SMILES string of the molecule is O=C(CCc1ccc(CC2CCc3cc(O)ccc3C2=O)cc1)c1ccc(F)c(F)c1. The second kappa shape index (κ2) is 8.80. The molecule has 0 heterocycles. The molecule has 0 saturated carbocycles. The number of aryl methyl sites for hydroxylation is 2. The lowest BCUT2D eigenvalue weighted by atomic mass is 9.79. The van der Waals surface area contributed by atoms with E-state index in [4.69, 9.17) is 0 Å². The Hall–Kier alpha value is -3.34. The van der Waals surface area contributed by atoms with E-state index in [0.29, 0.717) is 18.4 Å². The summed E-state index contributed by atoms with van der Waals surface area (Å²) in [5.74, 6) is -2.01. The molecule has 3 nitrogen and oxygen atoms in total. The molecule has 1 aliphatic rings. The molecule has 31 heavy (non-hydrogen) atoms. The highest BCUT2D eigenvalue weighted by Crippen LogP contribution is 2.30. The van der Waals surface area contributed by atoms with Crippen LogP contribution in [0.5, 0.6) is 5.75 Å². The zero-order chi connectivity index (χ0) is 22.0. The summed E-state index contributed by atoms with van der Waals surface area (Å²) >= 11 is 0. The van der Waals surface area contributed by atoms with Gasteiger partial charge in [0.2, 0.25) is 0 Å². The first-order valence-corrected chi connectivity index (χ1v) is 10.3. The second-order valence-electron chi connectivity index (χ2n) is 8.01. The van der Waals surface area contributed by atoms with Crippen LogP contribution in [0.3, 0.4) is 0 Å². The number of fused-ring (bicyclic) bond motifs is 1. The van der Waals surface area contributed by atoms with Crippen LogP contribution in [0, 0.1) is 17.6 Å². The maximum absolute atomic E-state index is 13.3. The molecule has 1 unspecified atom stereocenters. The number of benzene rings is 3. The van der Waals surface area contributed by atoms with Gasteiger partial charge in [0, 0.05) is 23.5 Å². The Morgan fingerprint density at radius 1 is 0.935 bits per heavy atom. The van der Waals surface area contributed by atoms with Gasteiger partial charge in [-0.15, -0.1) is 0 Å². The first-order valence-electron chi connectivity index (χ1n) is 10.3. The summed E-state index contributed by atoms with van der Waals surface area (Å²) in [6.45, 7) is 0. The van der Waals surface area contributed by atoms with Crippen molar-refractivity contribution in [2.45, 2.75) is 32.1 Å². The summed E-state index contributed by atoms with van der Waals surface area (Å²) in [5, 5.41) is 9.60. The average molecular weight is 420 g/mol. The van der Waals surface area contributed by atoms with E-state index >= 15 is 0 Å². The lowest BCUT2D eigenvalue weighted by Gasteiger charge is -2.23. The second-order valence-corrected chi connectivity index (χ2v) is 8.01. The van der Waals surface area contributed by atoms with Crippen molar-refractivity contribution in [3.05, 3.63) is 100 Å². The molecule has 3 aromatic carbocycles. The quantitative estimate of drug-likeness (QED) is 0.538. The Morgan fingerprint density at radius 2 is 1.68 bits per heavy atom. The van der Waals surface area contributed by atoms with E-state index in [1.54, 1.807) is 18.2 Å². The fraction of sp³-hybridized carbons (Fsp3) is 0.231. The van der Waals surface area contributed by atoms with Crippen molar-refractivity contribution >= 4 is 11.6 Å². The molecule has 4 rings (SSSR count). The smallest absolute Gasteiger partial charge is 0.166 e. The normalized spacial score (nSPS) is 15.5. The van der Waals surface area contributed by atoms with Crippen LogP contribution in [-0.4, -0.2) is 16.7 Å². The van der Waals surface area contributed by atoms with Gasteiger partial charge in [-0.05, 0) is 78.8 Å². The number of phenols is 1. The van der Waals surface area contributed by atoms with E-state index in [1.807, 2.05) is 24.3 Å². The van der Waals surface area contributed by atoms with Gasteiger partial charge in [-0.1, -0.05) is 24.3 Å². The predicted octanol–water partition coefficient (Wildman–Crippen LogP) is 5.47. The molecule has 1 atom stereocenters. The van der Waals surface area contributed by atoms with Crippen molar-refractivity contribution in [2.24, 2.45) is 5.92 Å². The van der Waals surface area contributed by atoms with E-state index in [-0.39, 0.29) is 35.2 Å². The number of ketones is 2. The fourth-order valence-corrected chi connectivity index (χ4v) is 4.10.